The molecule has 67 valence electrons. The fraction of sp³-hybridized carbons (Fsp3) is 1.00. The molecule has 0 amide bonds. The highest BCUT2D eigenvalue weighted by molar-refractivity contribution is 7.76. The second-order valence-corrected chi connectivity index (χ2v) is 8.48. The molecule has 11 heavy (non-hydrogen) atoms. The van der Waals surface area contributed by atoms with Crippen molar-refractivity contribution in [3.05, 3.63) is 0 Å². The third-order valence-electron chi connectivity index (χ3n) is 3.28. The van der Waals surface area contributed by atoms with Crippen molar-refractivity contribution in [2.75, 3.05) is 24.6 Å². The zero-order valence-corrected chi connectivity index (χ0v) is 8.93. The molecular weight excluding hydrogens is 175 g/mol. The van der Waals surface area contributed by atoms with Gasteiger partial charge in [-0.1, -0.05) is 6.42 Å². The van der Waals surface area contributed by atoms with Gasteiger partial charge in [0.1, 0.15) is 0 Å². The van der Waals surface area contributed by atoms with Crippen LogP contribution in [0.4, 0.5) is 0 Å². The molecule has 0 aromatic rings. The molecule has 0 atom stereocenters. The Balaban J connectivity index is 0.000000605. The average molecular weight is 194 g/mol. The van der Waals surface area contributed by atoms with Crippen LogP contribution in [0.5, 0.6) is 0 Å². The molecule has 0 N–H and O–H groups in total. The van der Waals surface area contributed by atoms with E-state index in [1.165, 1.54) is 0 Å². The lowest BCUT2D eigenvalue weighted by Gasteiger charge is -2.35. The summed E-state index contributed by atoms with van der Waals surface area (Å²) in [7, 11) is -0.241. The molecule has 0 unspecified atom stereocenters. The average Bonchev–Trinajstić information content (AvgIpc) is 2.39. The summed E-state index contributed by atoms with van der Waals surface area (Å²) in [6.45, 7) is 0. The molecular formula is C9H19ClP. The molecule has 2 rings (SSSR count). The van der Waals surface area contributed by atoms with Gasteiger partial charge in [-0.05, 0) is 50.3 Å². The molecule has 0 nitrogen and oxygen atoms in total. The Bertz CT molecular complexity index is 111. The normalized spacial score (nSPS) is 28.4. The summed E-state index contributed by atoms with van der Waals surface area (Å²) in [4.78, 5) is 0. The largest absolute Gasteiger partial charge is 0.147 e. The molecule has 2 heterocycles. The van der Waals surface area contributed by atoms with Crippen LogP contribution in [0.25, 0.3) is 0 Å². The van der Waals surface area contributed by atoms with Gasteiger partial charge in [0.2, 0.25) is 0 Å². The lowest BCUT2D eigenvalue weighted by molar-refractivity contribution is 0.745. The Labute approximate surface area is 76.9 Å². The Morgan fingerprint density at radius 2 is 0.909 bits per heavy atom. The first-order chi connectivity index (χ1) is 4.91. The van der Waals surface area contributed by atoms with Gasteiger partial charge >= 0.3 is 0 Å². The highest BCUT2D eigenvalue weighted by Crippen LogP contribution is 2.66. The minimum Gasteiger partial charge on any atom is -0.147 e. The van der Waals surface area contributed by atoms with Crippen molar-refractivity contribution in [3.8, 4) is 0 Å². The van der Waals surface area contributed by atoms with Crippen LogP contribution in [0.2, 0.25) is 0 Å². The topological polar surface area (TPSA) is 0 Å². The van der Waals surface area contributed by atoms with Crippen molar-refractivity contribution >= 4 is 19.7 Å². The van der Waals surface area contributed by atoms with Gasteiger partial charge in [-0.3, -0.25) is 0 Å². The number of hydrogen-bond donors (Lipinski definition) is 0. The van der Waals surface area contributed by atoms with Crippen LogP contribution in [-0.2, 0) is 0 Å². The number of halogens is 1. The second-order valence-electron chi connectivity index (χ2n) is 4.00. The lowest BCUT2D eigenvalue weighted by Crippen LogP contribution is -2.10. The molecule has 0 saturated carbocycles. The molecule has 2 aliphatic heterocycles. The van der Waals surface area contributed by atoms with Crippen LogP contribution in [0.1, 0.15) is 32.1 Å². The summed E-state index contributed by atoms with van der Waals surface area (Å²) < 4.78 is 0. The molecule has 2 heteroatoms. The van der Waals surface area contributed by atoms with E-state index >= 15 is 0 Å². The van der Waals surface area contributed by atoms with Crippen molar-refractivity contribution in [3.63, 3.8) is 0 Å². The fourth-order valence-electron chi connectivity index (χ4n) is 2.64. The van der Waals surface area contributed by atoms with Gasteiger partial charge in [-0.2, -0.15) is 0 Å². The van der Waals surface area contributed by atoms with E-state index in [0.717, 1.165) is 0 Å². The minimum absolute atomic E-state index is 0. The molecule has 0 aromatic carbocycles. The van der Waals surface area contributed by atoms with Crippen molar-refractivity contribution in [2.24, 2.45) is 0 Å². The Morgan fingerprint density at radius 1 is 0.545 bits per heavy atom. The van der Waals surface area contributed by atoms with E-state index in [0.29, 0.717) is 0 Å². The van der Waals surface area contributed by atoms with Gasteiger partial charge in [0, 0.05) is 0 Å². The number of hydrogen-bond acceptors (Lipinski definition) is 0. The maximum absolute atomic E-state index is 1.67. The molecule has 2 saturated heterocycles. The van der Waals surface area contributed by atoms with Crippen LogP contribution < -0.4 is 0 Å². The molecule has 0 aliphatic carbocycles. The maximum atomic E-state index is 1.67. The molecule has 0 bridgehead atoms. The molecule has 1 radical (unpaired) electrons. The summed E-state index contributed by atoms with van der Waals surface area (Å²) in [5.41, 5.74) is 0. The van der Waals surface area contributed by atoms with Crippen molar-refractivity contribution < 1.29 is 0 Å². The van der Waals surface area contributed by atoms with Crippen molar-refractivity contribution in [1.82, 2.24) is 0 Å². The third kappa shape index (κ3) is 2.10. The van der Waals surface area contributed by atoms with E-state index in [-0.39, 0.29) is 19.7 Å². The summed E-state index contributed by atoms with van der Waals surface area (Å²) in [6.07, 6.45) is 14.5. The van der Waals surface area contributed by atoms with Crippen LogP contribution in [-0.4, -0.2) is 24.6 Å². The SMILES string of the molecule is C1CC[P]2(CC1)CCCC2.Cl. The predicted molar refractivity (Wildman–Crippen MR) is 56.7 cm³/mol. The van der Waals surface area contributed by atoms with Gasteiger partial charge in [0.05, 0.1) is 0 Å². The van der Waals surface area contributed by atoms with Gasteiger partial charge in [0.15, 0.2) is 0 Å². The van der Waals surface area contributed by atoms with E-state index in [2.05, 4.69) is 0 Å². The highest BCUT2D eigenvalue weighted by atomic mass is 35.5. The first kappa shape index (κ1) is 9.81. The minimum atomic E-state index is -0.241. The molecule has 1 spiro atoms. The second kappa shape index (κ2) is 4.10. The first-order valence-electron chi connectivity index (χ1n) is 4.76. The van der Waals surface area contributed by atoms with Crippen LogP contribution in [0.15, 0.2) is 0 Å². The number of rotatable bonds is 0. The smallest absolute Gasteiger partial charge is 0.0359 e. The van der Waals surface area contributed by atoms with Gasteiger partial charge in [-0.25, -0.2) is 0 Å². The summed E-state index contributed by atoms with van der Waals surface area (Å²) in [5, 5.41) is 0. The van der Waals surface area contributed by atoms with Gasteiger partial charge < -0.3 is 0 Å². The van der Waals surface area contributed by atoms with Crippen molar-refractivity contribution in [2.45, 2.75) is 32.1 Å². The Kier molecular flexibility index (Phi) is 3.65. The van der Waals surface area contributed by atoms with Crippen LogP contribution in [0.3, 0.4) is 0 Å². The van der Waals surface area contributed by atoms with Crippen LogP contribution >= 0.6 is 19.7 Å². The molecule has 0 aromatic heterocycles. The third-order valence-corrected chi connectivity index (χ3v) is 8.34. The molecule has 2 aliphatic rings. The lowest BCUT2D eigenvalue weighted by atomic mass is 10.3. The monoisotopic (exact) mass is 193 g/mol. The van der Waals surface area contributed by atoms with E-state index in [1.807, 2.05) is 0 Å². The molecule has 2 fully saturated rings. The zero-order valence-electron chi connectivity index (χ0n) is 7.22. The fourth-order valence-corrected chi connectivity index (χ4v) is 7.56. The highest BCUT2D eigenvalue weighted by Gasteiger charge is 2.31. The Hall–Kier alpha value is 0.720. The van der Waals surface area contributed by atoms with E-state index in [1.54, 1.807) is 56.8 Å². The quantitative estimate of drug-likeness (QED) is 0.518. The zero-order chi connectivity index (χ0) is 6.86. The van der Waals surface area contributed by atoms with Crippen molar-refractivity contribution in [1.29, 1.82) is 0 Å². The van der Waals surface area contributed by atoms with Crippen LogP contribution in [0, 0.1) is 0 Å². The summed E-state index contributed by atoms with van der Waals surface area (Å²) >= 11 is 0. The summed E-state index contributed by atoms with van der Waals surface area (Å²) in [5.74, 6) is 0. The van der Waals surface area contributed by atoms with E-state index in [9.17, 15) is 0 Å². The van der Waals surface area contributed by atoms with Gasteiger partial charge in [-0.15, -0.1) is 19.7 Å². The Morgan fingerprint density at radius 3 is 1.36 bits per heavy atom. The first-order valence-corrected chi connectivity index (χ1v) is 7.29. The predicted octanol–water partition coefficient (Wildman–Crippen LogP) is 3.40. The standard InChI is InChI=1S/C9H18P.ClH/c1-2-6-10(7-3-1)8-4-5-9-10;/h1-9H2;1H. The maximum Gasteiger partial charge on any atom is -0.0359 e. The van der Waals surface area contributed by atoms with Gasteiger partial charge in [0.25, 0.3) is 0 Å². The summed E-state index contributed by atoms with van der Waals surface area (Å²) in [6, 6.07) is 0. The van der Waals surface area contributed by atoms with E-state index < -0.39 is 0 Å². The van der Waals surface area contributed by atoms with E-state index in [4.69, 9.17) is 0 Å².